The maximum absolute atomic E-state index is 12.1. The van der Waals surface area contributed by atoms with Crippen LogP contribution in [0.25, 0.3) is 0 Å². The smallest absolute Gasteiger partial charge is 0.338 e. The second-order valence-corrected chi connectivity index (χ2v) is 5.65. The van der Waals surface area contributed by atoms with Gasteiger partial charge in [0.25, 0.3) is 0 Å². The third-order valence-electron chi connectivity index (χ3n) is 3.41. The molecule has 0 saturated heterocycles. The van der Waals surface area contributed by atoms with Gasteiger partial charge in [0.15, 0.2) is 11.5 Å². The first kappa shape index (κ1) is 16.9. The molecule has 0 bridgehead atoms. The van der Waals surface area contributed by atoms with Crippen LogP contribution in [0.3, 0.4) is 0 Å². The molecule has 0 fully saturated rings. The highest BCUT2D eigenvalue weighted by Gasteiger charge is 2.17. The van der Waals surface area contributed by atoms with Gasteiger partial charge in [0.2, 0.25) is 0 Å². The molecule has 0 saturated carbocycles. The molecule has 8 heteroatoms. The van der Waals surface area contributed by atoms with Crippen molar-refractivity contribution in [2.24, 2.45) is 5.73 Å². The number of anilines is 1. The fourth-order valence-corrected chi connectivity index (χ4v) is 2.60. The Hall–Kier alpha value is -2.93. The van der Waals surface area contributed by atoms with E-state index in [2.05, 4.69) is 5.32 Å². The average Bonchev–Trinajstić information content (AvgIpc) is 2.60. The van der Waals surface area contributed by atoms with Crippen LogP contribution in [0.1, 0.15) is 15.9 Å². The molecule has 25 heavy (non-hydrogen) atoms. The number of urea groups is 1. The Morgan fingerprint density at radius 1 is 1.16 bits per heavy atom. The maximum Gasteiger partial charge on any atom is 0.338 e. The van der Waals surface area contributed by atoms with Crippen LogP contribution in [-0.4, -0.2) is 25.2 Å². The van der Waals surface area contributed by atoms with Gasteiger partial charge in [-0.3, -0.25) is 0 Å². The molecule has 130 valence electrons. The van der Waals surface area contributed by atoms with E-state index in [0.29, 0.717) is 46.5 Å². The molecule has 0 unspecified atom stereocenters. The molecule has 7 nitrogen and oxygen atoms in total. The predicted molar refractivity (Wildman–Crippen MR) is 91.2 cm³/mol. The topological polar surface area (TPSA) is 99.9 Å². The van der Waals surface area contributed by atoms with E-state index in [9.17, 15) is 9.59 Å². The zero-order valence-corrected chi connectivity index (χ0v) is 13.8. The van der Waals surface area contributed by atoms with Gasteiger partial charge in [0, 0.05) is 5.69 Å². The van der Waals surface area contributed by atoms with E-state index in [1.807, 2.05) is 0 Å². The molecule has 0 aromatic heterocycles. The number of halogens is 1. The summed E-state index contributed by atoms with van der Waals surface area (Å²) in [6, 6.07) is 8.90. The first-order chi connectivity index (χ1) is 12.0. The molecule has 2 aromatic rings. The molecule has 1 aliphatic rings. The van der Waals surface area contributed by atoms with Gasteiger partial charge < -0.3 is 25.3 Å². The van der Waals surface area contributed by atoms with E-state index >= 15 is 0 Å². The lowest BCUT2D eigenvalue weighted by Gasteiger charge is -2.20. The summed E-state index contributed by atoms with van der Waals surface area (Å²) in [5.41, 5.74) is 6.55. The number of benzene rings is 2. The van der Waals surface area contributed by atoms with Crippen molar-refractivity contribution in [3.8, 4) is 11.5 Å². The van der Waals surface area contributed by atoms with E-state index in [4.69, 9.17) is 31.5 Å². The third kappa shape index (κ3) is 4.13. The number of rotatable bonds is 4. The van der Waals surface area contributed by atoms with Crippen LogP contribution in [0.15, 0.2) is 36.4 Å². The van der Waals surface area contributed by atoms with Crippen molar-refractivity contribution in [1.82, 2.24) is 0 Å². The molecule has 1 heterocycles. The van der Waals surface area contributed by atoms with Crippen LogP contribution in [-0.2, 0) is 11.3 Å². The van der Waals surface area contributed by atoms with Crippen molar-refractivity contribution in [2.45, 2.75) is 6.61 Å². The summed E-state index contributed by atoms with van der Waals surface area (Å²) in [4.78, 5) is 22.9. The first-order valence-corrected chi connectivity index (χ1v) is 7.82. The number of carbonyl (C=O) groups excluding carboxylic acids is 2. The summed E-state index contributed by atoms with van der Waals surface area (Å²) < 4.78 is 16.2. The summed E-state index contributed by atoms with van der Waals surface area (Å²) >= 11 is 6.15. The van der Waals surface area contributed by atoms with Gasteiger partial charge in [-0.1, -0.05) is 11.6 Å². The largest absolute Gasteiger partial charge is 0.486 e. The second kappa shape index (κ2) is 7.31. The Labute approximate surface area is 148 Å². The molecule has 2 amide bonds. The van der Waals surface area contributed by atoms with E-state index in [-0.39, 0.29) is 6.61 Å². The van der Waals surface area contributed by atoms with Gasteiger partial charge in [0.1, 0.15) is 19.8 Å². The molecule has 3 N–H and O–H groups in total. The van der Waals surface area contributed by atoms with Crippen molar-refractivity contribution >= 4 is 29.3 Å². The van der Waals surface area contributed by atoms with Crippen molar-refractivity contribution in [3.05, 3.63) is 52.5 Å². The molecule has 0 spiro atoms. The Bertz CT molecular complexity index is 807. The number of hydrogen-bond donors (Lipinski definition) is 2. The lowest BCUT2D eigenvalue weighted by atomic mass is 10.2. The zero-order valence-electron chi connectivity index (χ0n) is 13.1. The maximum atomic E-state index is 12.1. The van der Waals surface area contributed by atoms with Crippen LogP contribution >= 0.6 is 11.6 Å². The second-order valence-electron chi connectivity index (χ2n) is 5.24. The minimum atomic E-state index is -0.675. The Morgan fingerprint density at radius 2 is 1.88 bits per heavy atom. The molecule has 3 rings (SSSR count). The summed E-state index contributed by atoms with van der Waals surface area (Å²) in [6.45, 7) is 0.927. The zero-order chi connectivity index (χ0) is 17.8. The monoisotopic (exact) mass is 362 g/mol. The number of carbonyl (C=O) groups is 2. The number of primary amides is 1. The molecule has 0 radical (unpaired) electrons. The number of nitrogens with one attached hydrogen (secondary N) is 1. The number of ether oxygens (including phenoxy) is 3. The number of nitrogens with two attached hydrogens (primary N) is 1. The van der Waals surface area contributed by atoms with Gasteiger partial charge in [-0.05, 0) is 42.0 Å². The Morgan fingerprint density at radius 3 is 2.60 bits per heavy atom. The van der Waals surface area contributed by atoms with Gasteiger partial charge >= 0.3 is 12.0 Å². The molecular formula is C17H15ClN2O5. The fraction of sp³-hybridized carbons (Fsp3) is 0.176. The minimum absolute atomic E-state index is 0.0382. The van der Waals surface area contributed by atoms with Crippen molar-refractivity contribution in [3.63, 3.8) is 0 Å². The number of amides is 2. The van der Waals surface area contributed by atoms with Crippen LogP contribution < -0.4 is 20.5 Å². The third-order valence-corrected chi connectivity index (χ3v) is 3.70. The van der Waals surface area contributed by atoms with Crippen molar-refractivity contribution in [1.29, 1.82) is 0 Å². The van der Waals surface area contributed by atoms with Crippen molar-refractivity contribution in [2.75, 3.05) is 18.5 Å². The van der Waals surface area contributed by atoms with Gasteiger partial charge in [-0.2, -0.15) is 0 Å². The van der Waals surface area contributed by atoms with Crippen molar-refractivity contribution < 1.29 is 23.8 Å². The van der Waals surface area contributed by atoms with Crippen LogP contribution in [0.5, 0.6) is 11.5 Å². The summed E-state index contributed by atoms with van der Waals surface area (Å²) in [5, 5.41) is 2.82. The minimum Gasteiger partial charge on any atom is -0.486 e. The summed E-state index contributed by atoms with van der Waals surface area (Å²) in [6.07, 6.45) is 0. The van der Waals surface area contributed by atoms with Gasteiger partial charge in [-0.25, -0.2) is 9.59 Å². The molecule has 1 aliphatic heterocycles. The highest BCUT2D eigenvalue weighted by Crippen LogP contribution is 2.38. The molecule has 0 aliphatic carbocycles. The van der Waals surface area contributed by atoms with E-state index in [1.54, 1.807) is 24.3 Å². The number of hydrogen-bond acceptors (Lipinski definition) is 5. The van der Waals surface area contributed by atoms with Gasteiger partial charge in [-0.15, -0.1) is 0 Å². The normalized spacial score (nSPS) is 12.4. The standard InChI is InChI=1S/C17H15ClN2O5/c18-13-7-10(8-14-15(13)24-6-5-23-14)9-25-16(21)11-1-3-12(4-2-11)20-17(19)22/h1-4,7-8H,5-6,9H2,(H3,19,20,22). The average molecular weight is 363 g/mol. The fourth-order valence-electron chi connectivity index (χ4n) is 2.31. The quantitative estimate of drug-likeness (QED) is 0.814. The summed E-state index contributed by atoms with van der Waals surface area (Å²) in [7, 11) is 0. The SMILES string of the molecule is NC(=O)Nc1ccc(C(=O)OCc2cc(Cl)c3c(c2)OCCO3)cc1. The Balaban J connectivity index is 1.64. The van der Waals surface area contributed by atoms with E-state index in [0.717, 1.165) is 0 Å². The highest BCUT2D eigenvalue weighted by molar-refractivity contribution is 6.32. The lowest BCUT2D eigenvalue weighted by molar-refractivity contribution is 0.0472. The van der Waals surface area contributed by atoms with Crippen LogP contribution in [0.2, 0.25) is 5.02 Å². The number of esters is 1. The molecule has 0 atom stereocenters. The van der Waals surface area contributed by atoms with E-state index in [1.165, 1.54) is 12.1 Å². The predicted octanol–water partition coefficient (Wildman–Crippen LogP) is 2.96. The van der Waals surface area contributed by atoms with Gasteiger partial charge in [0.05, 0.1) is 10.6 Å². The van der Waals surface area contributed by atoms with Crippen LogP contribution in [0.4, 0.5) is 10.5 Å². The van der Waals surface area contributed by atoms with Crippen LogP contribution in [0, 0.1) is 0 Å². The first-order valence-electron chi connectivity index (χ1n) is 7.44. The molecular weight excluding hydrogens is 348 g/mol. The van der Waals surface area contributed by atoms with E-state index < -0.39 is 12.0 Å². The lowest BCUT2D eigenvalue weighted by Crippen LogP contribution is -2.19. The Kier molecular flexibility index (Phi) is 4.95. The number of fused-ring (bicyclic) bond motifs is 1. The highest BCUT2D eigenvalue weighted by atomic mass is 35.5. The molecule has 2 aromatic carbocycles. The summed E-state index contributed by atoms with van der Waals surface area (Å²) in [5.74, 6) is 0.531.